The Morgan fingerprint density at radius 2 is 1.90 bits per heavy atom. The van der Waals surface area contributed by atoms with Gasteiger partial charge in [0, 0.05) is 12.1 Å². The van der Waals surface area contributed by atoms with Crippen molar-refractivity contribution in [2.45, 2.75) is 17.9 Å². The molecule has 1 atom stereocenters. The van der Waals surface area contributed by atoms with Gasteiger partial charge in [-0.3, -0.25) is 4.79 Å². The molecule has 1 unspecified atom stereocenters. The second-order valence-corrected chi connectivity index (χ2v) is 6.64. The number of ether oxygens (including phenoxy) is 1. The summed E-state index contributed by atoms with van der Waals surface area (Å²) in [7, 11) is -1.83. The molecule has 0 saturated heterocycles. The normalized spacial score (nSPS) is 13.0. The van der Waals surface area contributed by atoms with Crippen LogP contribution in [-0.4, -0.2) is 50.0 Å². The minimum absolute atomic E-state index is 0.0212. The van der Waals surface area contributed by atoms with Crippen LogP contribution >= 0.6 is 11.6 Å². The smallest absolute Gasteiger partial charge is 0.337 e. The van der Waals surface area contributed by atoms with Crippen molar-refractivity contribution in [1.29, 1.82) is 0 Å². The van der Waals surface area contributed by atoms with Gasteiger partial charge in [0.25, 0.3) is 0 Å². The van der Waals surface area contributed by atoms with Gasteiger partial charge in [0.15, 0.2) is 0 Å². The van der Waals surface area contributed by atoms with E-state index in [1.54, 1.807) is 0 Å². The SMILES string of the molecule is COC(=O)c1cc(Cl)cc(S(=O)(=O)N(C)C(C)C(=O)O)c1. The van der Waals surface area contributed by atoms with Crippen LogP contribution in [0.2, 0.25) is 5.02 Å². The summed E-state index contributed by atoms with van der Waals surface area (Å²) in [6.45, 7) is 1.23. The number of hydrogen-bond donors (Lipinski definition) is 1. The van der Waals surface area contributed by atoms with Gasteiger partial charge < -0.3 is 9.84 Å². The van der Waals surface area contributed by atoms with E-state index >= 15 is 0 Å². The van der Waals surface area contributed by atoms with E-state index < -0.39 is 28.0 Å². The second kappa shape index (κ2) is 6.42. The molecule has 1 rings (SSSR count). The molecule has 0 radical (unpaired) electrons. The number of carbonyl (C=O) groups excluding carboxylic acids is 1. The highest BCUT2D eigenvalue weighted by molar-refractivity contribution is 7.89. The van der Waals surface area contributed by atoms with Gasteiger partial charge in [-0.15, -0.1) is 0 Å². The number of methoxy groups -OCH3 is 1. The lowest BCUT2D eigenvalue weighted by Gasteiger charge is -2.21. The fourth-order valence-electron chi connectivity index (χ4n) is 1.48. The van der Waals surface area contributed by atoms with Gasteiger partial charge in [0.1, 0.15) is 6.04 Å². The minimum Gasteiger partial charge on any atom is -0.480 e. The number of aliphatic carboxylic acids is 1. The molecular formula is C12H14ClNO6S. The van der Waals surface area contributed by atoms with Crippen molar-refractivity contribution in [1.82, 2.24) is 4.31 Å². The Balaban J connectivity index is 3.35. The monoisotopic (exact) mass is 335 g/mol. The zero-order valence-electron chi connectivity index (χ0n) is 11.5. The largest absolute Gasteiger partial charge is 0.480 e. The third kappa shape index (κ3) is 3.72. The summed E-state index contributed by atoms with van der Waals surface area (Å²) in [5, 5.41) is 8.91. The van der Waals surface area contributed by atoms with Crippen LogP contribution in [0, 0.1) is 0 Å². The molecule has 1 aromatic carbocycles. The van der Waals surface area contributed by atoms with Crippen molar-refractivity contribution in [3.8, 4) is 0 Å². The van der Waals surface area contributed by atoms with E-state index in [4.69, 9.17) is 16.7 Å². The van der Waals surface area contributed by atoms with Gasteiger partial charge in [-0.25, -0.2) is 13.2 Å². The van der Waals surface area contributed by atoms with Crippen molar-refractivity contribution in [3.05, 3.63) is 28.8 Å². The molecule has 0 heterocycles. The van der Waals surface area contributed by atoms with Crippen molar-refractivity contribution >= 4 is 33.6 Å². The van der Waals surface area contributed by atoms with E-state index in [1.165, 1.54) is 13.0 Å². The Bertz CT molecular complexity index is 672. The molecule has 1 aromatic rings. The van der Waals surface area contributed by atoms with Gasteiger partial charge in [-0.05, 0) is 25.1 Å². The van der Waals surface area contributed by atoms with Crippen molar-refractivity contribution < 1.29 is 27.9 Å². The van der Waals surface area contributed by atoms with E-state index in [2.05, 4.69) is 4.74 Å². The lowest BCUT2D eigenvalue weighted by molar-refractivity contribution is -0.140. The Kier molecular flexibility index (Phi) is 5.32. The summed E-state index contributed by atoms with van der Waals surface area (Å²) in [6.07, 6.45) is 0. The van der Waals surface area contributed by atoms with Gasteiger partial charge >= 0.3 is 11.9 Å². The standard InChI is InChI=1S/C12H14ClNO6S/c1-7(11(15)16)14(2)21(18,19)10-5-8(12(17)20-3)4-9(13)6-10/h4-7H,1-3H3,(H,15,16). The highest BCUT2D eigenvalue weighted by Gasteiger charge is 2.30. The molecule has 0 aliphatic carbocycles. The molecule has 7 nitrogen and oxygen atoms in total. The highest BCUT2D eigenvalue weighted by Crippen LogP contribution is 2.23. The maximum Gasteiger partial charge on any atom is 0.337 e. The predicted octanol–water partition coefficient (Wildman–Crippen LogP) is 1.22. The number of esters is 1. The zero-order valence-corrected chi connectivity index (χ0v) is 13.1. The quantitative estimate of drug-likeness (QED) is 0.812. The highest BCUT2D eigenvalue weighted by atomic mass is 35.5. The average molecular weight is 336 g/mol. The topological polar surface area (TPSA) is 101 Å². The minimum atomic E-state index is -4.11. The number of nitrogens with zero attached hydrogens (tertiary/aromatic N) is 1. The predicted molar refractivity (Wildman–Crippen MR) is 74.8 cm³/mol. The molecule has 0 aromatic heterocycles. The first-order valence-corrected chi connectivity index (χ1v) is 7.52. The first-order chi connectivity index (χ1) is 9.61. The number of rotatable bonds is 5. The number of likely N-dealkylation sites (N-methyl/N-ethyl adjacent to an activating group) is 1. The molecule has 0 saturated carbocycles. The summed E-state index contributed by atoms with van der Waals surface area (Å²) >= 11 is 5.80. The number of hydrogen-bond acceptors (Lipinski definition) is 5. The fourth-order valence-corrected chi connectivity index (χ4v) is 3.17. The van der Waals surface area contributed by atoms with E-state index in [-0.39, 0.29) is 15.5 Å². The summed E-state index contributed by atoms with van der Waals surface area (Å²) in [5.74, 6) is -2.04. The Hall–Kier alpha value is -1.64. The van der Waals surface area contributed by atoms with E-state index in [9.17, 15) is 18.0 Å². The number of halogens is 1. The van der Waals surface area contributed by atoms with Gasteiger partial charge in [-0.2, -0.15) is 4.31 Å². The first kappa shape index (κ1) is 17.4. The third-order valence-corrected chi connectivity index (χ3v) is 5.00. The summed E-state index contributed by atoms with van der Waals surface area (Å²) in [6, 6.07) is 2.20. The molecule has 0 spiro atoms. The maximum absolute atomic E-state index is 12.3. The maximum atomic E-state index is 12.3. The van der Waals surface area contributed by atoms with E-state index in [0.717, 1.165) is 26.3 Å². The first-order valence-electron chi connectivity index (χ1n) is 5.71. The average Bonchev–Trinajstić information content (AvgIpc) is 2.43. The molecule has 9 heteroatoms. The molecule has 0 aliphatic heterocycles. The van der Waals surface area contributed by atoms with Crippen LogP contribution in [0.5, 0.6) is 0 Å². The Labute approximate surface area is 127 Å². The van der Waals surface area contributed by atoms with Crippen molar-refractivity contribution in [2.24, 2.45) is 0 Å². The molecule has 0 bridgehead atoms. The third-order valence-electron chi connectivity index (χ3n) is 2.87. The lowest BCUT2D eigenvalue weighted by Crippen LogP contribution is -2.40. The van der Waals surface area contributed by atoms with Crippen molar-refractivity contribution in [2.75, 3.05) is 14.2 Å². The van der Waals surface area contributed by atoms with Gasteiger partial charge in [0.05, 0.1) is 17.6 Å². The Morgan fingerprint density at radius 1 is 1.33 bits per heavy atom. The second-order valence-electron chi connectivity index (χ2n) is 4.20. The summed E-state index contributed by atoms with van der Waals surface area (Å²) < 4.78 is 29.9. The van der Waals surface area contributed by atoms with E-state index in [1.807, 2.05) is 0 Å². The van der Waals surface area contributed by atoms with Crippen LogP contribution in [-0.2, 0) is 19.6 Å². The van der Waals surface area contributed by atoms with Gasteiger partial charge in [0.2, 0.25) is 10.0 Å². The zero-order chi connectivity index (χ0) is 16.4. The molecular weight excluding hydrogens is 322 g/mol. The molecule has 1 N–H and O–H groups in total. The van der Waals surface area contributed by atoms with E-state index in [0.29, 0.717) is 4.31 Å². The molecule has 0 amide bonds. The summed E-state index contributed by atoms with van der Waals surface area (Å²) in [5.41, 5.74) is -0.0417. The van der Waals surface area contributed by atoms with Crippen LogP contribution in [0.1, 0.15) is 17.3 Å². The number of carboxylic acid groups (broad SMARTS) is 1. The molecule has 21 heavy (non-hydrogen) atoms. The molecule has 0 aliphatic rings. The lowest BCUT2D eigenvalue weighted by atomic mass is 10.2. The number of carboxylic acids is 1. The number of sulfonamides is 1. The van der Waals surface area contributed by atoms with Crippen molar-refractivity contribution in [3.63, 3.8) is 0 Å². The summed E-state index contributed by atoms with van der Waals surface area (Å²) in [4.78, 5) is 22.1. The number of benzene rings is 1. The van der Waals surface area contributed by atoms with Crippen LogP contribution in [0.25, 0.3) is 0 Å². The fraction of sp³-hybridized carbons (Fsp3) is 0.333. The van der Waals surface area contributed by atoms with Crippen LogP contribution in [0.4, 0.5) is 0 Å². The van der Waals surface area contributed by atoms with Crippen LogP contribution in [0.3, 0.4) is 0 Å². The van der Waals surface area contributed by atoms with Crippen LogP contribution < -0.4 is 0 Å². The number of carbonyl (C=O) groups is 2. The molecule has 0 fully saturated rings. The molecule has 116 valence electrons. The van der Waals surface area contributed by atoms with Crippen LogP contribution in [0.15, 0.2) is 23.1 Å². The Morgan fingerprint density at radius 3 is 2.38 bits per heavy atom. The van der Waals surface area contributed by atoms with Gasteiger partial charge in [-0.1, -0.05) is 11.6 Å².